The Hall–Kier alpha value is -2.32. The molecule has 0 saturated carbocycles. The zero-order valence-electron chi connectivity index (χ0n) is 13.5. The van der Waals surface area contributed by atoms with Crippen LogP contribution in [0.25, 0.3) is 0 Å². The molecular formula is C16H20ClN3O5. The number of hydrogen-bond acceptors (Lipinski definition) is 4. The van der Waals surface area contributed by atoms with Gasteiger partial charge in [0.25, 0.3) is 0 Å². The Morgan fingerprint density at radius 1 is 1.20 bits per heavy atom. The summed E-state index contributed by atoms with van der Waals surface area (Å²) < 4.78 is 5.20. The van der Waals surface area contributed by atoms with E-state index in [-0.39, 0.29) is 19.6 Å². The first-order chi connectivity index (χ1) is 11.9. The monoisotopic (exact) mass is 369 g/mol. The third-order valence-corrected chi connectivity index (χ3v) is 4.03. The van der Waals surface area contributed by atoms with Crippen LogP contribution in [0.5, 0.6) is 0 Å². The van der Waals surface area contributed by atoms with Gasteiger partial charge in [-0.3, -0.25) is 9.59 Å². The highest BCUT2D eigenvalue weighted by molar-refractivity contribution is 6.30. The molecule has 25 heavy (non-hydrogen) atoms. The van der Waals surface area contributed by atoms with Gasteiger partial charge in [-0.25, -0.2) is 4.79 Å². The second kappa shape index (κ2) is 8.68. The standard InChI is InChI=1S/C16H20ClN3O5/c17-12-3-1-11(2-4-12)8-18-15(24)19-9-13(21)20-16(7-14(22)23)5-6-25-10-16/h1-4H,5-10H2,(H,20,21)(H,22,23)(H2,18,19,24). The number of carboxylic acid groups (broad SMARTS) is 1. The zero-order valence-corrected chi connectivity index (χ0v) is 14.3. The lowest BCUT2D eigenvalue weighted by Crippen LogP contribution is -2.53. The van der Waals surface area contributed by atoms with Crippen LogP contribution in [0, 0.1) is 0 Å². The summed E-state index contributed by atoms with van der Waals surface area (Å²) in [6.45, 7) is 0.575. The molecule has 1 aromatic carbocycles. The summed E-state index contributed by atoms with van der Waals surface area (Å²) in [7, 11) is 0. The minimum atomic E-state index is -1.01. The maximum atomic E-state index is 12.0. The van der Waals surface area contributed by atoms with Gasteiger partial charge in [0.05, 0.1) is 25.1 Å². The molecule has 0 bridgehead atoms. The molecule has 1 unspecified atom stereocenters. The van der Waals surface area contributed by atoms with Crippen molar-refractivity contribution in [2.45, 2.75) is 24.9 Å². The molecule has 136 valence electrons. The Labute approximate surface area is 149 Å². The quantitative estimate of drug-likeness (QED) is 0.569. The number of nitrogens with one attached hydrogen (secondary N) is 3. The van der Waals surface area contributed by atoms with Gasteiger partial charge >= 0.3 is 12.0 Å². The molecule has 9 heteroatoms. The molecular weight excluding hydrogens is 350 g/mol. The van der Waals surface area contributed by atoms with Crippen molar-refractivity contribution < 1.29 is 24.2 Å². The number of carboxylic acids is 1. The van der Waals surface area contributed by atoms with E-state index in [0.29, 0.717) is 24.6 Å². The number of ether oxygens (including phenoxy) is 1. The maximum absolute atomic E-state index is 12.0. The number of carbonyl (C=O) groups is 3. The van der Waals surface area contributed by atoms with Crippen LogP contribution >= 0.6 is 11.6 Å². The molecule has 1 aliphatic heterocycles. The molecule has 1 saturated heterocycles. The molecule has 3 amide bonds. The van der Waals surface area contributed by atoms with Crippen molar-refractivity contribution in [2.24, 2.45) is 0 Å². The topological polar surface area (TPSA) is 117 Å². The molecule has 0 aromatic heterocycles. The van der Waals surface area contributed by atoms with Crippen LogP contribution in [0.2, 0.25) is 5.02 Å². The molecule has 1 fully saturated rings. The maximum Gasteiger partial charge on any atom is 0.315 e. The van der Waals surface area contributed by atoms with Crippen molar-refractivity contribution in [1.29, 1.82) is 0 Å². The second-order valence-corrected chi connectivity index (χ2v) is 6.30. The number of halogens is 1. The molecule has 2 rings (SSSR count). The second-order valence-electron chi connectivity index (χ2n) is 5.86. The Bertz CT molecular complexity index is 629. The van der Waals surface area contributed by atoms with Gasteiger partial charge in [0.2, 0.25) is 5.91 Å². The Kier molecular flexibility index (Phi) is 6.60. The SMILES string of the molecule is O=C(O)CC1(NC(=O)CNC(=O)NCc2ccc(Cl)cc2)CCOC1. The summed E-state index contributed by atoms with van der Waals surface area (Å²) in [5.74, 6) is -1.48. The van der Waals surface area contributed by atoms with Crippen LogP contribution in [-0.4, -0.2) is 48.3 Å². The average molecular weight is 370 g/mol. The molecule has 0 radical (unpaired) electrons. The fraction of sp³-hybridized carbons (Fsp3) is 0.438. The van der Waals surface area contributed by atoms with Crippen LogP contribution in [0.15, 0.2) is 24.3 Å². The lowest BCUT2D eigenvalue weighted by atomic mass is 9.94. The van der Waals surface area contributed by atoms with Crippen molar-refractivity contribution in [1.82, 2.24) is 16.0 Å². The van der Waals surface area contributed by atoms with E-state index >= 15 is 0 Å². The number of amides is 3. The van der Waals surface area contributed by atoms with Gasteiger partial charge in [-0.15, -0.1) is 0 Å². The number of urea groups is 1. The number of aliphatic carboxylic acids is 1. The molecule has 1 atom stereocenters. The largest absolute Gasteiger partial charge is 0.481 e. The van der Waals surface area contributed by atoms with E-state index in [9.17, 15) is 14.4 Å². The third kappa shape index (κ3) is 6.24. The zero-order chi connectivity index (χ0) is 18.3. The molecule has 1 aromatic rings. The lowest BCUT2D eigenvalue weighted by molar-refractivity contribution is -0.139. The summed E-state index contributed by atoms with van der Waals surface area (Å²) >= 11 is 5.78. The predicted octanol–water partition coefficient (Wildman–Crippen LogP) is 0.889. The van der Waals surface area contributed by atoms with Gasteiger partial charge in [0.1, 0.15) is 0 Å². The Morgan fingerprint density at radius 2 is 1.92 bits per heavy atom. The molecule has 1 heterocycles. The lowest BCUT2D eigenvalue weighted by Gasteiger charge is -2.27. The van der Waals surface area contributed by atoms with E-state index in [2.05, 4.69) is 16.0 Å². The Morgan fingerprint density at radius 3 is 2.52 bits per heavy atom. The van der Waals surface area contributed by atoms with E-state index < -0.39 is 23.4 Å². The molecule has 0 spiro atoms. The van der Waals surface area contributed by atoms with E-state index in [0.717, 1.165) is 5.56 Å². The molecule has 0 aliphatic carbocycles. The normalized spacial score (nSPS) is 19.2. The highest BCUT2D eigenvalue weighted by atomic mass is 35.5. The van der Waals surface area contributed by atoms with Gasteiger partial charge in [-0.2, -0.15) is 0 Å². The number of carbonyl (C=O) groups excluding carboxylic acids is 2. The highest BCUT2D eigenvalue weighted by Gasteiger charge is 2.38. The summed E-state index contributed by atoms with van der Waals surface area (Å²) in [5.41, 5.74) is -0.0443. The van der Waals surface area contributed by atoms with Crippen molar-refractivity contribution in [3.63, 3.8) is 0 Å². The first kappa shape index (κ1) is 19.0. The third-order valence-electron chi connectivity index (χ3n) is 3.77. The summed E-state index contributed by atoms with van der Waals surface area (Å²) in [6.07, 6.45) is 0.204. The van der Waals surface area contributed by atoms with Crippen molar-refractivity contribution in [3.05, 3.63) is 34.9 Å². The van der Waals surface area contributed by atoms with E-state index in [1.54, 1.807) is 24.3 Å². The van der Waals surface area contributed by atoms with Crippen LogP contribution in [0.1, 0.15) is 18.4 Å². The van der Waals surface area contributed by atoms with E-state index in [1.807, 2.05) is 0 Å². The van der Waals surface area contributed by atoms with Crippen molar-refractivity contribution in [2.75, 3.05) is 19.8 Å². The van der Waals surface area contributed by atoms with Gasteiger partial charge in [-0.1, -0.05) is 23.7 Å². The van der Waals surface area contributed by atoms with Crippen LogP contribution in [0.4, 0.5) is 4.79 Å². The van der Waals surface area contributed by atoms with Gasteiger partial charge in [0.15, 0.2) is 0 Å². The molecule has 1 aliphatic rings. The first-order valence-electron chi connectivity index (χ1n) is 7.75. The van der Waals surface area contributed by atoms with Gasteiger partial charge < -0.3 is 25.8 Å². The predicted molar refractivity (Wildman–Crippen MR) is 90.3 cm³/mol. The fourth-order valence-corrected chi connectivity index (χ4v) is 2.65. The highest BCUT2D eigenvalue weighted by Crippen LogP contribution is 2.22. The fourth-order valence-electron chi connectivity index (χ4n) is 2.53. The molecule has 4 N–H and O–H groups in total. The Balaban J connectivity index is 1.74. The average Bonchev–Trinajstić information content (AvgIpc) is 2.99. The van der Waals surface area contributed by atoms with Crippen molar-refractivity contribution in [3.8, 4) is 0 Å². The van der Waals surface area contributed by atoms with Crippen LogP contribution in [-0.2, 0) is 20.9 Å². The number of benzene rings is 1. The summed E-state index contributed by atoms with van der Waals surface area (Å²) in [5, 5.41) is 17.3. The minimum Gasteiger partial charge on any atom is -0.481 e. The van der Waals surface area contributed by atoms with Crippen LogP contribution in [0.3, 0.4) is 0 Å². The first-order valence-corrected chi connectivity index (χ1v) is 8.13. The number of rotatable bonds is 7. The van der Waals surface area contributed by atoms with E-state index in [4.69, 9.17) is 21.4 Å². The van der Waals surface area contributed by atoms with Crippen LogP contribution < -0.4 is 16.0 Å². The summed E-state index contributed by atoms with van der Waals surface area (Å²) in [6, 6.07) is 6.50. The minimum absolute atomic E-state index is 0.147. The molecule has 8 nitrogen and oxygen atoms in total. The van der Waals surface area contributed by atoms with Gasteiger partial charge in [0, 0.05) is 18.2 Å². The smallest absolute Gasteiger partial charge is 0.315 e. The van der Waals surface area contributed by atoms with E-state index in [1.165, 1.54) is 0 Å². The number of hydrogen-bond donors (Lipinski definition) is 4. The summed E-state index contributed by atoms with van der Waals surface area (Å²) in [4.78, 5) is 34.7. The van der Waals surface area contributed by atoms with Gasteiger partial charge in [-0.05, 0) is 24.1 Å². The van der Waals surface area contributed by atoms with Crippen molar-refractivity contribution >= 4 is 29.5 Å².